The summed E-state index contributed by atoms with van der Waals surface area (Å²) in [5, 5.41) is 9.84. The number of likely N-dealkylation sites (N-methyl/N-ethyl adjacent to an activating group) is 1. The highest BCUT2D eigenvalue weighted by molar-refractivity contribution is 6.31. The third kappa shape index (κ3) is 6.91. The summed E-state index contributed by atoms with van der Waals surface area (Å²) < 4.78 is 40.9. The van der Waals surface area contributed by atoms with Crippen molar-refractivity contribution < 1.29 is 22.8 Å². The van der Waals surface area contributed by atoms with Crippen molar-refractivity contribution >= 4 is 52.0 Å². The van der Waals surface area contributed by atoms with Gasteiger partial charge in [0, 0.05) is 30.2 Å². The lowest BCUT2D eigenvalue weighted by Gasteiger charge is -2.12. The molecule has 11 nitrogen and oxygen atoms in total. The summed E-state index contributed by atoms with van der Waals surface area (Å²) in [6.45, 7) is 1.13. The number of nitrogens with one attached hydrogen (secondary N) is 4. The number of halogens is 4. The molecular weight excluding hydrogens is 539 g/mol. The van der Waals surface area contributed by atoms with Crippen LogP contribution in [0.4, 0.5) is 40.0 Å². The van der Waals surface area contributed by atoms with Crippen LogP contribution in [0.15, 0.2) is 55.1 Å². The molecule has 0 fully saturated rings. The highest BCUT2D eigenvalue weighted by Crippen LogP contribution is 2.36. The number of hydrogen-bond acceptors (Lipinski definition) is 6. The van der Waals surface area contributed by atoms with Gasteiger partial charge in [-0.1, -0.05) is 11.6 Å². The van der Waals surface area contributed by atoms with E-state index in [1.165, 1.54) is 18.7 Å². The fourth-order valence-electron chi connectivity index (χ4n) is 3.48. The molecule has 0 spiro atoms. The molecule has 2 aromatic carbocycles. The second-order valence-electron chi connectivity index (χ2n) is 8.51. The van der Waals surface area contributed by atoms with Gasteiger partial charge in [0.25, 0.3) is 0 Å². The van der Waals surface area contributed by atoms with Crippen LogP contribution in [-0.2, 0) is 6.18 Å². The second-order valence-corrected chi connectivity index (χ2v) is 8.92. The number of alkyl halides is 3. The van der Waals surface area contributed by atoms with Crippen LogP contribution < -0.4 is 21.3 Å². The first-order chi connectivity index (χ1) is 18.5. The number of hydrogen-bond donors (Lipinski definition) is 4. The van der Waals surface area contributed by atoms with E-state index in [1.54, 1.807) is 28.8 Å². The standard InChI is InChI=1S/C24H23ClF3N9O2/c1-36(2)10-9-29-22(38)35-20-19-21(31-12-30-20)37(13-32-19)16-6-3-14(4-7-16)33-23(39)34-15-5-8-18(25)17(11-15)24(26,27)28/h3-8,11-13H,9-10H2,1-2H3,(H2,33,34,39)(H2,29,30,31,35,38). The summed E-state index contributed by atoms with van der Waals surface area (Å²) in [7, 11) is 3.80. The molecule has 15 heteroatoms. The number of imidazole rings is 1. The van der Waals surface area contributed by atoms with E-state index in [1.807, 2.05) is 19.0 Å². The van der Waals surface area contributed by atoms with Crippen molar-refractivity contribution in [3.8, 4) is 5.69 Å². The van der Waals surface area contributed by atoms with Crippen LogP contribution in [0.1, 0.15) is 5.56 Å². The number of carbonyl (C=O) groups is 2. The number of benzene rings is 2. The van der Waals surface area contributed by atoms with Gasteiger partial charge in [-0.05, 0) is 56.6 Å². The fraction of sp³-hybridized carbons (Fsp3) is 0.208. The highest BCUT2D eigenvalue weighted by atomic mass is 35.5. The summed E-state index contributed by atoms with van der Waals surface area (Å²) in [5.74, 6) is 0.243. The molecule has 0 aliphatic heterocycles. The topological polar surface area (TPSA) is 129 Å². The molecule has 39 heavy (non-hydrogen) atoms. The molecule has 0 saturated carbocycles. The molecule has 0 aliphatic rings. The van der Waals surface area contributed by atoms with Gasteiger partial charge in [0.1, 0.15) is 12.7 Å². The van der Waals surface area contributed by atoms with Crippen LogP contribution in [0.5, 0.6) is 0 Å². The third-order valence-corrected chi connectivity index (χ3v) is 5.67. The number of aromatic nitrogens is 4. The molecule has 0 bridgehead atoms. The van der Waals surface area contributed by atoms with E-state index in [2.05, 4.69) is 36.2 Å². The van der Waals surface area contributed by atoms with Gasteiger partial charge in [-0.2, -0.15) is 13.2 Å². The van der Waals surface area contributed by atoms with E-state index in [9.17, 15) is 22.8 Å². The fourth-order valence-corrected chi connectivity index (χ4v) is 3.70. The molecule has 4 amide bonds. The zero-order valence-corrected chi connectivity index (χ0v) is 21.4. The van der Waals surface area contributed by atoms with Crippen molar-refractivity contribution in [2.45, 2.75) is 6.18 Å². The lowest BCUT2D eigenvalue weighted by Crippen LogP contribution is -2.34. The number of amides is 4. The minimum atomic E-state index is -4.65. The van der Waals surface area contributed by atoms with E-state index in [0.717, 1.165) is 12.1 Å². The number of rotatable bonds is 7. The largest absolute Gasteiger partial charge is 0.417 e. The zero-order valence-electron chi connectivity index (χ0n) is 20.7. The van der Waals surface area contributed by atoms with Crippen LogP contribution in [0.3, 0.4) is 0 Å². The average Bonchev–Trinajstić information content (AvgIpc) is 3.30. The van der Waals surface area contributed by atoms with E-state index in [0.29, 0.717) is 35.6 Å². The van der Waals surface area contributed by atoms with Gasteiger partial charge in [0.15, 0.2) is 17.0 Å². The Morgan fingerprint density at radius 3 is 2.33 bits per heavy atom. The number of anilines is 3. The lowest BCUT2D eigenvalue weighted by atomic mass is 10.2. The summed E-state index contributed by atoms with van der Waals surface area (Å²) in [5.41, 5.74) is 0.735. The average molecular weight is 562 g/mol. The number of fused-ring (bicyclic) bond motifs is 1. The number of carbonyl (C=O) groups excluding carboxylic acids is 2. The highest BCUT2D eigenvalue weighted by Gasteiger charge is 2.33. The van der Waals surface area contributed by atoms with Crippen molar-refractivity contribution in [3.63, 3.8) is 0 Å². The van der Waals surface area contributed by atoms with Crippen LogP contribution in [0.2, 0.25) is 5.02 Å². The van der Waals surface area contributed by atoms with Crippen LogP contribution in [-0.4, -0.2) is 63.7 Å². The number of nitrogens with zero attached hydrogens (tertiary/aromatic N) is 5. The second kappa shape index (κ2) is 11.5. The molecule has 2 aromatic heterocycles. The third-order valence-electron chi connectivity index (χ3n) is 5.34. The van der Waals surface area contributed by atoms with Crippen molar-refractivity contribution in [2.75, 3.05) is 43.1 Å². The Morgan fingerprint density at radius 2 is 1.64 bits per heavy atom. The summed E-state index contributed by atoms with van der Waals surface area (Å²) >= 11 is 5.61. The Morgan fingerprint density at radius 1 is 0.949 bits per heavy atom. The van der Waals surface area contributed by atoms with E-state index in [4.69, 9.17) is 11.6 Å². The smallest absolute Gasteiger partial charge is 0.337 e. The first-order valence-electron chi connectivity index (χ1n) is 11.4. The van der Waals surface area contributed by atoms with E-state index < -0.39 is 28.8 Å². The van der Waals surface area contributed by atoms with Gasteiger partial charge in [-0.25, -0.2) is 24.5 Å². The maximum atomic E-state index is 13.1. The molecule has 204 valence electrons. The van der Waals surface area contributed by atoms with Gasteiger partial charge in [0.05, 0.1) is 10.6 Å². The number of urea groups is 2. The summed E-state index contributed by atoms with van der Waals surface area (Å²) in [6, 6.07) is 8.49. The Kier molecular flexibility index (Phi) is 8.16. The molecular formula is C24H23ClF3N9O2. The van der Waals surface area contributed by atoms with Gasteiger partial charge in [0.2, 0.25) is 0 Å². The predicted molar refractivity (Wildman–Crippen MR) is 141 cm³/mol. The van der Waals surface area contributed by atoms with Crippen LogP contribution in [0.25, 0.3) is 16.9 Å². The lowest BCUT2D eigenvalue weighted by molar-refractivity contribution is -0.137. The van der Waals surface area contributed by atoms with Crippen molar-refractivity contribution in [1.29, 1.82) is 0 Å². The first kappa shape index (κ1) is 27.6. The maximum Gasteiger partial charge on any atom is 0.417 e. The Balaban J connectivity index is 1.43. The van der Waals surface area contributed by atoms with Crippen molar-refractivity contribution in [1.82, 2.24) is 29.7 Å². The predicted octanol–water partition coefficient (Wildman–Crippen LogP) is 4.81. The van der Waals surface area contributed by atoms with Crippen molar-refractivity contribution in [2.24, 2.45) is 0 Å². The molecule has 2 heterocycles. The molecule has 0 aliphatic carbocycles. The monoisotopic (exact) mass is 561 g/mol. The summed E-state index contributed by atoms with van der Waals surface area (Å²) in [4.78, 5) is 39.2. The van der Waals surface area contributed by atoms with Crippen LogP contribution >= 0.6 is 11.6 Å². The van der Waals surface area contributed by atoms with E-state index >= 15 is 0 Å². The molecule has 0 saturated heterocycles. The van der Waals surface area contributed by atoms with Gasteiger partial charge >= 0.3 is 18.2 Å². The Hall–Kier alpha value is -4.43. The van der Waals surface area contributed by atoms with Crippen molar-refractivity contribution in [3.05, 3.63) is 65.7 Å². The molecule has 0 radical (unpaired) electrons. The quantitative estimate of drug-likeness (QED) is 0.256. The molecule has 4 rings (SSSR count). The Labute approximate surface area is 225 Å². The van der Waals surface area contributed by atoms with Crippen LogP contribution in [0, 0.1) is 0 Å². The van der Waals surface area contributed by atoms with E-state index in [-0.39, 0.29) is 11.5 Å². The SMILES string of the molecule is CN(C)CCNC(=O)Nc1ncnc2c1ncn2-c1ccc(NC(=O)Nc2ccc(Cl)c(C(F)(F)F)c2)cc1. The molecule has 4 aromatic rings. The minimum Gasteiger partial charge on any atom is -0.337 e. The van der Waals surface area contributed by atoms with Gasteiger partial charge < -0.3 is 20.9 Å². The summed E-state index contributed by atoms with van der Waals surface area (Å²) in [6.07, 6.45) is -1.84. The molecule has 0 atom stereocenters. The normalized spacial score (nSPS) is 11.5. The van der Waals surface area contributed by atoms with Gasteiger partial charge in [-0.3, -0.25) is 9.88 Å². The molecule has 0 unspecified atom stereocenters. The van der Waals surface area contributed by atoms with Gasteiger partial charge in [-0.15, -0.1) is 0 Å². The molecule has 4 N–H and O–H groups in total. The maximum absolute atomic E-state index is 13.1. The Bertz CT molecular complexity index is 1490. The zero-order chi connectivity index (χ0) is 28.2. The minimum absolute atomic E-state index is 0.0683. The first-order valence-corrected chi connectivity index (χ1v) is 11.8.